The highest BCUT2D eigenvalue weighted by atomic mass is 16.5. The van der Waals surface area contributed by atoms with E-state index in [-0.39, 0.29) is 12.1 Å². The number of hydrogen-bond acceptors (Lipinski definition) is 7. The fourth-order valence-corrected chi connectivity index (χ4v) is 5.68. The number of carbonyl (C=O) groups is 1. The van der Waals surface area contributed by atoms with E-state index in [9.17, 15) is 4.79 Å². The molecule has 190 valence electrons. The van der Waals surface area contributed by atoms with Crippen molar-refractivity contribution in [2.75, 3.05) is 38.2 Å². The van der Waals surface area contributed by atoms with Gasteiger partial charge < -0.3 is 19.9 Å². The van der Waals surface area contributed by atoms with Crippen LogP contribution in [0, 0.1) is 12.8 Å². The predicted octanol–water partition coefficient (Wildman–Crippen LogP) is 3.24. The van der Waals surface area contributed by atoms with Gasteiger partial charge in [0.2, 0.25) is 5.95 Å². The highest BCUT2D eigenvalue weighted by Crippen LogP contribution is 2.42. The van der Waals surface area contributed by atoms with Crippen LogP contribution in [0.15, 0.2) is 12.3 Å². The van der Waals surface area contributed by atoms with Gasteiger partial charge in [0.25, 0.3) is 0 Å². The van der Waals surface area contributed by atoms with Gasteiger partial charge in [-0.15, -0.1) is 0 Å². The number of rotatable bonds is 4. The Bertz CT molecular complexity index is 1060. The molecule has 3 aliphatic rings. The largest absolute Gasteiger partial charge is 0.381 e. The SMILES string of the molecule is Cc1ccnc(Nc2n[nH]c3c2CN(C(=O)N2C[C@@H](C)N(CC4CCOCC4)C[C@@H]2C)C3(C)C)n1. The first-order valence-electron chi connectivity index (χ1n) is 12.8. The third-order valence-electron chi connectivity index (χ3n) is 7.92. The summed E-state index contributed by atoms with van der Waals surface area (Å²) < 4.78 is 5.53. The minimum atomic E-state index is -0.491. The molecule has 10 heteroatoms. The second-order valence-electron chi connectivity index (χ2n) is 10.9. The first-order chi connectivity index (χ1) is 16.7. The molecular formula is C25H38N8O2. The van der Waals surface area contributed by atoms with Crippen molar-refractivity contribution in [3.63, 3.8) is 0 Å². The van der Waals surface area contributed by atoms with Crippen LogP contribution in [0.5, 0.6) is 0 Å². The Hall–Kier alpha value is -2.72. The van der Waals surface area contributed by atoms with Crippen LogP contribution in [-0.4, -0.2) is 85.8 Å². The number of urea groups is 1. The molecule has 0 aromatic carbocycles. The lowest BCUT2D eigenvalue weighted by atomic mass is 9.97. The van der Waals surface area contributed by atoms with Crippen LogP contribution >= 0.6 is 0 Å². The lowest BCUT2D eigenvalue weighted by molar-refractivity contribution is 0.00882. The normalized spacial score (nSPS) is 25.1. The fourth-order valence-electron chi connectivity index (χ4n) is 5.68. The quantitative estimate of drug-likeness (QED) is 0.690. The first kappa shape index (κ1) is 24.0. The summed E-state index contributed by atoms with van der Waals surface area (Å²) in [6, 6.07) is 2.43. The van der Waals surface area contributed by atoms with Crippen molar-refractivity contribution in [1.82, 2.24) is 34.9 Å². The van der Waals surface area contributed by atoms with Gasteiger partial charge in [0, 0.05) is 62.4 Å². The molecule has 3 aliphatic heterocycles. The Kier molecular flexibility index (Phi) is 6.43. The molecule has 2 saturated heterocycles. The molecule has 0 radical (unpaired) electrons. The number of fused-ring (bicyclic) bond motifs is 1. The molecule has 0 spiro atoms. The molecule has 0 saturated carbocycles. The van der Waals surface area contributed by atoms with Crippen molar-refractivity contribution in [2.24, 2.45) is 5.92 Å². The standard InChI is InChI=1S/C25H38N8O2/c1-16-6-9-26-23(27-16)28-22-20-15-33(25(4,5)21(20)29-30-22)24(34)32-13-17(2)31(12-18(32)3)14-19-7-10-35-11-8-19/h6,9,17-19H,7-8,10-15H2,1-5H3,(H2,26,27,28,29,30)/t17-,18+/m1/s1. The number of anilines is 2. The Morgan fingerprint density at radius 1 is 1.23 bits per heavy atom. The van der Waals surface area contributed by atoms with Crippen molar-refractivity contribution < 1.29 is 9.53 Å². The van der Waals surface area contributed by atoms with Gasteiger partial charge >= 0.3 is 6.03 Å². The van der Waals surface area contributed by atoms with Crippen molar-refractivity contribution in [1.29, 1.82) is 0 Å². The number of hydrogen-bond donors (Lipinski definition) is 2. The molecular weight excluding hydrogens is 444 g/mol. The zero-order valence-electron chi connectivity index (χ0n) is 21.5. The molecule has 0 bridgehead atoms. The van der Waals surface area contributed by atoms with Crippen molar-refractivity contribution in [3.05, 3.63) is 29.2 Å². The monoisotopic (exact) mass is 482 g/mol. The summed E-state index contributed by atoms with van der Waals surface area (Å²) in [4.78, 5) is 29.2. The molecule has 2 N–H and O–H groups in total. The molecule has 0 aliphatic carbocycles. The van der Waals surface area contributed by atoms with E-state index < -0.39 is 5.54 Å². The van der Waals surface area contributed by atoms with Gasteiger partial charge in [0.15, 0.2) is 5.82 Å². The third kappa shape index (κ3) is 4.61. The molecule has 35 heavy (non-hydrogen) atoms. The highest BCUT2D eigenvalue weighted by Gasteiger charge is 2.46. The maximum Gasteiger partial charge on any atom is 0.321 e. The van der Waals surface area contributed by atoms with E-state index >= 15 is 0 Å². The second kappa shape index (κ2) is 9.39. The minimum Gasteiger partial charge on any atom is -0.381 e. The fraction of sp³-hybridized carbons (Fsp3) is 0.680. The van der Waals surface area contributed by atoms with Crippen LogP contribution in [0.25, 0.3) is 0 Å². The van der Waals surface area contributed by atoms with Gasteiger partial charge in [-0.1, -0.05) is 0 Å². The summed E-state index contributed by atoms with van der Waals surface area (Å²) in [5.74, 6) is 1.88. The number of carbonyl (C=O) groups excluding carboxylic acids is 1. The van der Waals surface area contributed by atoms with E-state index in [2.05, 4.69) is 63.0 Å². The Morgan fingerprint density at radius 3 is 2.74 bits per heavy atom. The second-order valence-corrected chi connectivity index (χ2v) is 10.9. The zero-order valence-corrected chi connectivity index (χ0v) is 21.5. The van der Waals surface area contributed by atoms with Gasteiger partial charge in [-0.25, -0.2) is 14.8 Å². The lowest BCUT2D eigenvalue weighted by Crippen LogP contribution is -2.62. The number of aryl methyl sites for hydroxylation is 1. The van der Waals surface area contributed by atoms with Gasteiger partial charge in [0.1, 0.15) is 0 Å². The summed E-state index contributed by atoms with van der Waals surface area (Å²) >= 11 is 0. The third-order valence-corrected chi connectivity index (χ3v) is 7.92. The summed E-state index contributed by atoms with van der Waals surface area (Å²) in [7, 11) is 0. The van der Waals surface area contributed by atoms with Crippen LogP contribution in [0.3, 0.4) is 0 Å². The van der Waals surface area contributed by atoms with Crippen LogP contribution in [0.2, 0.25) is 0 Å². The van der Waals surface area contributed by atoms with E-state index in [0.717, 1.165) is 62.6 Å². The maximum atomic E-state index is 13.9. The summed E-state index contributed by atoms with van der Waals surface area (Å²) in [5, 5.41) is 10.9. The molecule has 2 fully saturated rings. The van der Waals surface area contributed by atoms with Gasteiger partial charge in [-0.2, -0.15) is 5.10 Å². The van der Waals surface area contributed by atoms with Gasteiger partial charge in [-0.05, 0) is 59.4 Å². The van der Waals surface area contributed by atoms with E-state index in [1.54, 1.807) is 6.20 Å². The first-order valence-corrected chi connectivity index (χ1v) is 12.8. The molecule has 2 amide bonds. The minimum absolute atomic E-state index is 0.0856. The maximum absolute atomic E-state index is 13.9. The Balaban J connectivity index is 1.28. The number of aromatic amines is 1. The number of nitrogens with zero attached hydrogens (tertiary/aromatic N) is 6. The highest BCUT2D eigenvalue weighted by molar-refractivity contribution is 5.78. The van der Waals surface area contributed by atoms with Gasteiger partial charge in [-0.3, -0.25) is 10.00 Å². The van der Waals surface area contributed by atoms with Crippen molar-refractivity contribution >= 4 is 17.8 Å². The van der Waals surface area contributed by atoms with E-state index in [1.165, 1.54) is 0 Å². The smallest absolute Gasteiger partial charge is 0.321 e. The van der Waals surface area contributed by atoms with Crippen LogP contribution in [-0.2, 0) is 16.8 Å². The number of H-pyrrole nitrogens is 1. The number of aromatic nitrogens is 4. The number of ether oxygens (including phenoxy) is 1. The van der Waals surface area contributed by atoms with Crippen LogP contribution in [0.1, 0.15) is 57.5 Å². The topological polar surface area (TPSA) is 103 Å². The summed E-state index contributed by atoms with van der Waals surface area (Å²) in [5.41, 5.74) is 2.34. The molecule has 5 heterocycles. The van der Waals surface area contributed by atoms with E-state index in [0.29, 0.717) is 30.3 Å². The zero-order chi connectivity index (χ0) is 24.7. The van der Waals surface area contributed by atoms with Crippen molar-refractivity contribution in [2.45, 2.75) is 71.6 Å². The molecule has 2 atom stereocenters. The predicted molar refractivity (Wildman–Crippen MR) is 133 cm³/mol. The van der Waals surface area contributed by atoms with E-state index in [4.69, 9.17) is 4.74 Å². The Labute approximate surface area is 207 Å². The molecule has 5 rings (SSSR count). The average Bonchev–Trinajstić information content (AvgIpc) is 3.34. The van der Waals surface area contributed by atoms with E-state index in [1.807, 2.05) is 17.9 Å². The molecule has 2 aromatic rings. The van der Waals surface area contributed by atoms with Crippen molar-refractivity contribution in [3.8, 4) is 0 Å². The van der Waals surface area contributed by atoms with Gasteiger partial charge in [0.05, 0.1) is 17.8 Å². The van der Waals surface area contributed by atoms with Crippen LogP contribution in [0.4, 0.5) is 16.6 Å². The summed E-state index contributed by atoms with van der Waals surface area (Å²) in [6.07, 6.45) is 4.00. The van der Waals surface area contributed by atoms with Crippen LogP contribution < -0.4 is 5.32 Å². The lowest BCUT2D eigenvalue weighted by Gasteiger charge is -2.47. The molecule has 2 aromatic heterocycles. The number of amides is 2. The number of nitrogens with one attached hydrogen (secondary N) is 2. The molecule has 10 nitrogen and oxygen atoms in total. The average molecular weight is 483 g/mol. The number of piperazine rings is 1. The molecule has 0 unspecified atom stereocenters. The Morgan fingerprint density at radius 2 is 2.00 bits per heavy atom. The summed E-state index contributed by atoms with van der Waals surface area (Å²) in [6.45, 7) is 15.5.